The molecule has 3 rings (SSSR count). The number of pyridine rings is 1. The molecule has 0 unspecified atom stereocenters. The number of aromatic nitrogens is 3. The van der Waals surface area contributed by atoms with Crippen LogP contribution < -0.4 is 0 Å². The zero-order valence-corrected chi connectivity index (χ0v) is 13.2. The minimum atomic E-state index is -2.77. The van der Waals surface area contributed by atoms with Crippen LogP contribution in [-0.4, -0.2) is 20.5 Å². The Morgan fingerprint density at radius 3 is 2.83 bits per heavy atom. The zero-order chi connectivity index (χ0) is 16.4. The average molecular weight is 382 g/mol. The second-order valence-corrected chi connectivity index (χ2v) is 5.55. The lowest BCUT2D eigenvalue weighted by atomic mass is 10.3. The Labute approximate surface area is 138 Å². The van der Waals surface area contributed by atoms with Gasteiger partial charge in [0.05, 0.1) is 16.6 Å². The highest BCUT2D eigenvalue weighted by atomic mass is 79.9. The van der Waals surface area contributed by atoms with Gasteiger partial charge in [-0.1, -0.05) is 12.1 Å². The molecule has 0 amide bonds. The summed E-state index contributed by atoms with van der Waals surface area (Å²) >= 11 is 3.19. The van der Waals surface area contributed by atoms with Gasteiger partial charge in [-0.2, -0.15) is 8.78 Å². The van der Waals surface area contributed by atoms with Crippen molar-refractivity contribution < 1.29 is 18.3 Å². The van der Waals surface area contributed by atoms with Crippen molar-refractivity contribution in [3.63, 3.8) is 0 Å². The third kappa shape index (κ3) is 3.21. The molecule has 0 aliphatic carbocycles. The molecule has 0 N–H and O–H groups in total. The first-order valence-corrected chi connectivity index (χ1v) is 7.37. The van der Waals surface area contributed by atoms with Crippen molar-refractivity contribution in [2.45, 2.75) is 13.2 Å². The minimum Gasteiger partial charge on any atom is -0.454 e. The van der Waals surface area contributed by atoms with E-state index in [1.807, 2.05) is 0 Å². The van der Waals surface area contributed by atoms with Gasteiger partial charge in [-0.05, 0) is 34.1 Å². The molecule has 0 radical (unpaired) electrons. The maximum atomic E-state index is 13.3. The van der Waals surface area contributed by atoms with E-state index in [2.05, 4.69) is 25.9 Å². The van der Waals surface area contributed by atoms with Gasteiger partial charge < -0.3 is 4.74 Å². The summed E-state index contributed by atoms with van der Waals surface area (Å²) in [6.07, 6.45) is 2.86. The Hall–Kier alpha value is -2.35. The number of esters is 1. The van der Waals surface area contributed by atoms with Crippen molar-refractivity contribution in [2.75, 3.05) is 0 Å². The van der Waals surface area contributed by atoms with Crippen LogP contribution in [0.2, 0.25) is 0 Å². The Bertz CT molecular complexity index is 867. The summed E-state index contributed by atoms with van der Waals surface area (Å²) in [7, 11) is 0. The number of carbonyl (C=O) groups is 1. The van der Waals surface area contributed by atoms with Gasteiger partial charge in [0.25, 0.3) is 0 Å². The topological polar surface area (TPSA) is 57.0 Å². The number of imidazole rings is 1. The number of halogens is 3. The number of fused-ring (bicyclic) bond motifs is 1. The maximum Gasteiger partial charge on any atom is 0.340 e. The molecule has 0 saturated heterocycles. The number of carbonyl (C=O) groups excluding carboxylic acids is 1. The molecule has 23 heavy (non-hydrogen) atoms. The van der Waals surface area contributed by atoms with Crippen LogP contribution >= 0.6 is 15.9 Å². The van der Waals surface area contributed by atoms with Gasteiger partial charge in [0.2, 0.25) is 0 Å². The van der Waals surface area contributed by atoms with E-state index < -0.39 is 12.5 Å². The van der Waals surface area contributed by atoms with Crippen molar-refractivity contribution in [1.82, 2.24) is 14.5 Å². The van der Waals surface area contributed by atoms with Crippen LogP contribution in [0.25, 0.3) is 11.0 Å². The third-order valence-electron chi connectivity index (χ3n) is 3.14. The third-order valence-corrected chi connectivity index (χ3v) is 3.57. The first-order valence-electron chi connectivity index (χ1n) is 6.58. The van der Waals surface area contributed by atoms with E-state index in [4.69, 9.17) is 4.74 Å². The number of nitrogens with zero attached hydrogens (tertiary/aromatic N) is 3. The van der Waals surface area contributed by atoms with Crippen molar-refractivity contribution in [2.24, 2.45) is 0 Å². The maximum absolute atomic E-state index is 13.3. The highest BCUT2D eigenvalue weighted by molar-refractivity contribution is 9.10. The molecule has 0 bridgehead atoms. The van der Waals surface area contributed by atoms with Crippen molar-refractivity contribution in [3.8, 4) is 0 Å². The fraction of sp³-hybridized carbons (Fsp3) is 0.133. The van der Waals surface area contributed by atoms with E-state index in [-0.39, 0.29) is 23.5 Å². The van der Waals surface area contributed by atoms with Crippen LogP contribution in [0.15, 0.2) is 47.2 Å². The molecule has 0 spiro atoms. The quantitative estimate of drug-likeness (QED) is 0.642. The molecule has 1 aromatic carbocycles. The molecule has 118 valence electrons. The number of alkyl halides is 2. The van der Waals surface area contributed by atoms with Crippen LogP contribution in [0.1, 0.15) is 22.7 Å². The standard InChI is InChI=1S/C15H10BrF2N3O2/c16-10-5-9(6-19-7-10)14(22)23-8-13-20-11-3-1-2-4-12(11)21(13)15(17)18/h1-7,15H,8H2. The summed E-state index contributed by atoms with van der Waals surface area (Å²) in [5.41, 5.74) is 0.930. The summed E-state index contributed by atoms with van der Waals surface area (Å²) in [5, 5.41) is 0. The number of hydrogen-bond donors (Lipinski definition) is 0. The second kappa shape index (κ2) is 6.41. The summed E-state index contributed by atoms with van der Waals surface area (Å²) in [6.45, 7) is -3.13. The lowest BCUT2D eigenvalue weighted by Crippen LogP contribution is -2.10. The predicted molar refractivity (Wildman–Crippen MR) is 82.0 cm³/mol. The van der Waals surface area contributed by atoms with Crippen LogP contribution in [-0.2, 0) is 11.3 Å². The van der Waals surface area contributed by atoms with Gasteiger partial charge in [0.1, 0.15) is 6.61 Å². The molecule has 0 fully saturated rings. The number of hydrogen-bond acceptors (Lipinski definition) is 4. The van der Waals surface area contributed by atoms with Gasteiger partial charge >= 0.3 is 12.5 Å². The van der Waals surface area contributed by atoms with E-state index in [1.54, 1.807) is 18.2 Å². The van der Waals surface area contributed by atoms with Gasteiger partial charge in [0.15, 0.2) is 5.82 Å². The molecular weight excluding hydrogens is 372 g/mol. The van der Waals surface area contributed by atoms with Crippen LogP contribution in [0, 0.1) is 0 Å². The highest BCUT2D eigenvalue weighted by Crippen LogP contribution is 2.23. The fourth-order valence-electron chi connectivity index (χ4n) is 2.15. The summed E-state index contributed by atoms with van der Waals surface area (Å²) in [5.74, 6) is -0.677. The van der Waals surface area contributed by atoms with Crippen LogP contribution in [0.5, 0.6) is 0 Å². The number of benzene rings is 1. The molecule has 0 atom stereocenters. The largest absolute Gasteiger partial charge is 0.454 e. The lowest BCUT2D eigenvalue weighted by molar-refractivity contribution is 0.0387. The van der Waals surface area contributed by atoms with Crippen molar-refractivity contribution >= 4 is 32.9 Å². The molecular formula is C15H10BrF2N3O2. The van der Waals surface area contributed by atoms with Gasteiger partial charge in [-0.15, -0.1) is 0 Å². The van der Waals surface area contributed by atoms with Crippen molar-refractivity contribution in [3.05, 3.63) is 58.6 Å². The molecule has 3 aromatic rings. The molecule has 5 nitrogen and oxygen atoms in total. The fourth-order valence-corrected chi connectivity index (χ4v) is 2.52. The smallest absolute Gasteiger partial charge is 0.340 e. The first kappa shape index (κ1) is 15.5. The first-order chi connectivity index (χ1) is 11.1. The lowest BCUT2D eigenvalue weighted by Gasteiger charge is -2.08. The second-order valence-electron chi connectivity index (χ2n) is 4.63. The van der Waals surface area contributed by atoms with E-state index >= 15 is 0 Å². The molecule has 8 heteroatoms. The SMILES string of the molecule is O=C(OCc1nc2ccccc2n1C(F)F)c1cncc(Br)c1. The minimum absolute atomic E-state index is 0.0162. The summed E-state index contributed by atoms with van der Waals surface area (Å²) in [4.78, 5) is 19.9. The van der Waals surface area contributed by atoms with Gasteiger partial charge in [0, 0.05) is 16.9 Å². The van der Waals surface area contributed by atoms with E-state index in [1.165, 1.54) is 24.5 Å². The van der Waals surface area contributed by atoms with Crippen LogP contribution in [0.3, 0.4) is 0 Å². The van der Waals surface area contributed by atoms with E-state index in [0.29, 0.717) is 9.99 Å². The number of ether oxygens (including phenoxy) is 1. The monoisotopic (exact) mass is 381 g/mol. The molecule has 0 saturated carbocycles. The van der Waals surface area contributed by atoms with E-state index in [0.717, 1.165) is 4.57 Å². The Kier molecular flexibility index (Phi) is 4.33. The molecule has 2 aromatic heterocycles. The zero-order valence-electron chi connectivity index (χ0n) is 11.6. The Morgan fingerprint density at radius 2 is 2.09 bits per heavy atom. The normalized spacial score (nSPS) is 11.1. The highest BCUT2D eigenvalue weighted by Gasteiger charge is 2.19. The van der Waals surface area contributed by atoms with Gasteiger partial charge in [-0.25, -0.2) is 9.78 Å². The van der Waals surface area contributed by atoms with E-state index in [9.17, 15) is 13.6 Å². The number of para-hydroxylation sites is 2. The Morgan fingerprint density at radius 1 is 1.30 bits per heavy atom. The number of rotatable bonds is 4. The van der Waals surface area contributed by atoms with Crippen LogP contribution in [0.4, 0.5) is 8.78 Å². The summed E-state index contributed by atoms with van der Waals surface area (Å²) in [6, 6.07) is 8.04. The Balaban J connectivity index is 1.84. The average Bonchev–Trinajstić information content (AvgIpc) is 2.91. The van der Waals surface area contributed by atoms with Gasteiger partial charge in [-0.3, -0.25) is 9.55 Å². The predicted octanol–water partition coefficient (Wildman–Crippen LogP) is 3.95. The summed E-state index contributed by atoms with van der Waals surface area (Å²) < 4.78 is 33.0. The molecule has 0 aliphatic rings. The molecule has 0 aliphatic heterocycles. The van der Waals surface area contributed by atoms with Crippen molar-refractivity contribution in [1.29, 1.82) is 0 Å². The molecule has 2 heterocycles.